The van der Waals surface area contributed by atoms with E-state index in [9.17, 15) is 5.11 Å². The molecule has 0 aliphatic carbocycles. The Morgan fingerprint density at radius 3 is 2.45 bits per heavy atom. The monoisotopic (exact) mass is 303 g/mol. The molecule has 0 amide bonds. The summed E-state index contributed by atoms with van der Waals surface area (Å²) in [5.74, 6) is 0.602. The summed E-state index contributed by atoms with van der Waals surface area (Å²) in [5.41, 5.74) is 2.44. The standard InChI is InChI=1S/C20H33NO/c1-4-16(3)17-9-11-18(12-10-17)20(22)13-15-21-14-7-6-8-19(21)5-2/h9-12,16,19-20,22H,4-8,13-15H2,1-3H3. The number of piperidine rings is 1. The Balaban J connectivity index is 1.87. The lowest BCUT2D eigenvalue weighted by atomic mass is 9.95. The fourth-order valence-corrected chi connectivity index (χ4v) is 3.55. The smallest absolute Gasteiger partial charge is 0.0802 e. The minimum atomic E-state index is -0.328. The van der Waals surface area contributed by atoms with Crippen LogP contribution in [-0.2, 0) is 0 Å². The minimum absolute atomic E-state index is 0.328. The largest absolute Gasteiger partial charge is 0.388 e. The third-order valence-electron chi connectivity index (χ3n) is 5.41. The number of aliphatic hydroxyl groups excluding tert-OH is 1. The summed E-state index contributed by atoms with van der Waals surface area (Å²) in [6, 6.07) is 9.32. The van der Waals surface area contributed by atoms with Gasteiger partial charge in [0.15, 0.2) is 0 Å². The Morgan fingerprint density at radius 1 is 1.14 bits per heavy atom. The Bertz CT molecular complexity index is 428. The van der Waals surface area contributed by atoms with Crippen molar-refractivity contribution in [3.8, 4) is 0 Å². The van der Waals surface area contributed by atoms with Gasteiger partial charge in [-0.25, -0.2) is 0 Å². The fraction of sp³-hybridized carbons (Fsp3) is 0.700. The van der Waals surface area contributed by atoms with Crippen molar-refractivity contribution in [3.05, 3.63) is 35.4 Å². The third-order valence-corrected chi connectivity index (χ3v) is 5.41. The zero-order valence-electron chi connectivity index (χ0n) is 14.6. The van der Waals surface area contributed by atoms with Gasteiger partial charge in [0, 0.05) is 12.6 Å². The lowest BCUT2D eigenvalue weighted by Crippen LogP contribution is -2.40. The second-order valence-electron chi connectivity index (χ2n) is 6.87. The maximum absolute atomic E-state index is 10.5. The van der Waals surface area contributed by atoms with Gasteiger partial charge in [0.1, 0.15) is 0 Å². The molecule has 0 saturated carbocycles. The van der Waals surface area contributed by atoms with Gasteiger partial charge in [-0.05, 0) is 55.7 Å². The van der Waals surface area contributed by atoms with Gasteiger partial charge < -0.3 is 10.0 Å². The number of rotatable bonds is 7. The number of benzene rings is 1. The van der Waals surface area contributed by atoms with Crippen LogP contribution in [0.5, 0.6) is 0 Å². The van der Waals surface area contributed by atoms with Crippen molar-refractivity contribution < 1.29 is 5.11 Å². The summed E-state index contributed by atoms with van der Waals surface area (Å²) in [7, 11) is 0. The molecule has 3 unspecified atom stereocenters. The molecular weight excluding hydrogens is 270 g/mol. The molecule has 1 heterocycles. The quantitative estimate of drug-likeness (QED) is 0.775. The molecule has 1 aliphatic rings. The second kappa shape index (κ2) is 8.69. The highest BCUT2D eigenvalue weighted by Gasteiger charge is 2.21. The van der Waals surface area contributed by atoms with E-state index >= 15 is 0 Å². The van der Waals surface area contributed by atoms with Crippen molar-refractivity contribution in [1.82, 2.24) is 4.90 Å². The number of hydrogen-bond donors (Lipinski definition) is 1. The molecule has 2 nitrogen and oxygen atoms in total. The van der Waals surface area contributed by atoms with Gasteiger partial charge in [0.25, 0.3) is 0 Å². The average Bonchev–Trinajstić information content (AvgIpc) is 2.59. The first-order chi connectivity index (χ1) is 10.7. The molecule has 1 aromatic rings. The molecule has 0 aromatic heterocycles. The highest BCUT2D eigenvalue weighted by molar-refractivity contribution is 5.26. The number of nitrogens with zero attached hydrogens (tertiary/aromatic N) is 1. The normalized spacial score (nSPS) is 22.5. The van der Waals surface area contributed by atoms with Crippen molar-refractivity contribution in [3.63, 3.8) is 0 Å². The Labute approximate surface area is 136 Å². The lowest BCUT2D eigenvalue weighted by Gasteiger charge is -2.35. The van der Waals surface area contributed by atoms with E-state index in [1.807, 2.05) is 0 Å². The summed E-state index contributed by atoms with van der Waals surface area (Å²) in [6.07, 6.45) is 6.93. The van der Waals surface area contributed by atoms with Crippen molar-refractivity contribution in [2.45, 2.75) is 77.4 Å². The maximum atomic E-state index is 10.5. The fourth-order valence-electron chi connectivity index (χ4n) is 3.55. The van der Waals surface area contributed by atoms with Gasteiger partial charge in [-0.1, -0.05) is 51.5 Å². The van der Waals surface area contributed by atoms with E-state index in [1.54, 1.807) is 0 Å². The molecule has 22 heavy (non-hydrogen) atoms. The van der Waals surface area contributed by atoms with E-state index in [1.165, 1.54) is 37.8 Å². The van der Waals surface area contributed by atoms with Crippen LogP contribution in [0.15, 0.2) is 24.3 Å². The molecule has 2 heteroatoms. The van der Waals surface area contributed by atoms with E-state index in [-0.39, 0.29) is 6.10 Å². The predicted molar refractivity (Wildman–Crippen MR) is 94.2 cm³/mol. The highest BCUT2D eigenvalue weighted by atomic mass is 16.3. The number of likely N-dealkylation sites (tertiary alicyclic amines) is 1. The average molecular weight is 303 g/mol. The minimum Gasteiger partial charge on any atom is -0.388 e. The van der Waals surface area contributed by atoms with Crippen molar-refractivity contribution in [2.75, 3.05) is 13.1 Å². The van der Waals surface area contributed by atoms with E-state index in [0.717, 1.165) is 31.0 Å². The predicted octanol–water partition coefficient (Wildman–Crippen LogP) is 4.89. The summed E-state index contributed by atoms with van der Waals surface area (Å²) < 4.78 is 0. The van der Waals surface area contributed by atoms with Gasteiger partial charge >= 0.3 is 0 Å². The van der Waals surface area contributed by atoms with Crippen molar-refractivity contribution in [1.29, 1.82) is 0 Å². The Morgan fingerprint density at radius 2 is 1.82 bits per heavy atom. The van der Waals surface area contributed by atoms with Crippen LogP contribution in [0, 0.1) is 0 Å². The van der Waals surface area contributed by atoms with Gasteiger partial charge in [0.2, 0.25) is 0 Å². The topological polar surface area (TPSA) is 23.5 Å². The SMILES string of the molecule is CCC(C)c1ccc(C(O)CCN2CCCCC2CC)cc1. The van der Waals surface area contributed by atoms with Crippen LogP contribution in [0.1, 0.15) is 82.4 Å². The maximum Gasteiger partial charge on any atom is 0.0802 e. The Hall–Kier alpha value is -0.860. The zero-order valence-corrected chi connectivity index (χ0v) is 14.6. The van der Waals surface area contributed by atoms with E-state index in [4.69, 9.17) is 0 Å². The Kier molecular flexibility index (Phi) is 6.91. The first-order valence-electron chi connectivity index (χ1n) is 9.17. The first-order valence-corrected chi connectivity index (χ1v) is 9.17. The number of aliphatic hydroxyl groups is 1. The molecular formula is C20H33NO. The van der Waals surface area contributed by atoms with Crippen molar-refractivity contribution >= 4 is 0 Å². The molecule has 1 aliphatic heterocycles. The molecule has 124 valence electrons. The van der Waals surface area contributed by atoms with Gasteiger partial charge in [0.05, 0.1) is 6.10 Å². The lowest BCUT2D eigenvalue weighted by molar-refractivity contribution is 0.101. The van der Waals surface area contributed by atoms with E-state index in [0.29, 0.717) is 5.92 Å². The molecule has 0 radical (unpaired) electrons. The van der Waals surface area contributed by atoms with E-state index in [2.05, 4.69) is 49.9 Å². The van der Waals surface area contributed by atoms with Crippen LogP contribution in [-0.4, -0.2) is 29.1 Å². The van der Waals surface area contributed by atoms with Crippen LogP contribution in [0.25, 0.3) is 0 Å². The zero-order chi connectivity index (χ0) is 15.9. The highest BCUT2D eigenvalue weighted by Crippen LogP contribution is 2.25. The molecule has 1 fully saturated rings. The molecule has 1 N–H and O–H groups in total. The van der Waals surface area contributed by atoms with Crippen LogP contribution in [0.2, 0.25) is 0 Å². The molecule has 3 atom stereocenters. The van der Waals surface area contributed by atoms with Crippen molar-refractivity contribution in [2.24, 2.45) is 0 Å². The van der Waals surface area contributed by atoms with E-state index < -0.39 is 0 Å². The van der Waals surface area contributed by atoms with Gasteiger partial charge in [-0.3, -0.25) is 0 Å². The van der Waals surface area contributed by atoms with Crippen LogP contribution >= 0.6 is 0 Å². The second-order valence-corrected chi connectivity index (χ2v) is 6.87. The third kappa shape index (κ3) is 4.57. The van der Waals surface area contributed by atoms with Gasteiger partial charge in [-0.15, -0.1) is 0 Å². The molecule has 0 spiro atoms. The van der Waals surface area contributed by atoms with Gasteiger partial charge in [-0.2, -0.15) is 0 Å². The molecule has 1 saturated heterocycles. The summed E-state index contributed by atoms with van der Waals surface area (Å²) in [4.78, 5) is 2.58. The van der Waals surface area contributed by atoms with Crippen LogP contribution in [0.4, 0.5) is 0 Å². The molecule has 1 aromatic carbocycles. The first kappa shape index (κ1) is 17.5. The van der Waals surface area contributed by atoms with Crippen LogP contribution in [0.3, 0.4) is 0 Å². The van der Waals surface area contributed by atoms with Crippen LogP contribution < -0.4 is 0 Å². The molecule has 2 rings (SSSR count). The summed E-state index contributed by atoms with van der Waals surface area (Å²) in [5, 5.41) is 10.5. The number of hydrogen-bond acceptors (Lipinski definition) is 2. The summed E-state index contributed by atoms with van der Waals surface area (Å²) >= 11 is 0. The molecule has 0 bridgehead atoms. The summed E-state index contributed by atoms with van der Waals surface area (Å²) in [6.45, 7) is 8.99.